The molecular formula is C25H30FI4N4V-. The Kier molecular flexibility index (Phi) is 24.4. The third-order valence-electron chi connectivity index (χ3n) is 4.36. The molecule has 1 heterocycles. The molecule has 1 radical (unpaired) electrons. The molecule has 0 N–H and O–H groups in total. The molecular weight excluding hydrogens is 934 g/mol. The van der Waals surface area contributed by atoms with Gasteiger partial charge in [0.25, 0.3) is 0 Å². The Morgan fingerprint density at radius 3 is 1.57 bits per heavy atom. The summed E-state index contributed by atoms with van der Waals surface area (Å²) < 4.78 is 14.7. The number of alkyl halides is 3. The first-order valence-electron chi connectivity index (χ1n) is 10.6. The van der Waals surface area contributed by atoms with Crippen LogP contribution < -0.4 is 4.90 Å². The Morgan fingerprint density at radius 2 is 1.26 bits per heavy atom. The fourth-order valence-electron chi connectivity index (χ4n) is 2.32. The van der Waals surface area contributed by atoms with E-state index in [0.717, 1.165) is 26.2 Å². The third-order valence-corrected chi connectivity index (χ3v) is 7.53. The van der Waals surface area contributed by atoms with E-state index in [2.05, 4.69) is 135 Å². The van der Waals surface area contributed by atoms with E-state index >= 15 is 0 Å². The molecule has 0 unspecified atom stereocenters. The van der Waals surface area contributed by atoms with Crippen LogP contribution in [0.5, 0.6) is 0 Å². The Bertz CT molecular complexity index is 869. The van der Waals surface area contributed by atoms with Gasteiger partial charge in [0.1, 0.15) is 5.25 Å². The summed E-state index contributed by atoms with van der Waals surface area (Å²) in [5.74, 6) is -0.303. The van der Waals surface area contributed by atoms with Crippen molar-refractivity contribution in [3.63, 3.8) is 0 Å². The van der Waals surface area contributed by atoms with Crippen molar-refractivity contribution >= 4 is 107 Å². The maximum atomic E-state index is 12.1. The minimum atomic E-state index is -0.303. The SMILES string of the molecule is CCC(I)(I)I.CC[CH-]I.[C-]#[N+]c1ccc(F)cc1.[C-]#[N+]c1ccc(N2CCN(C)CC2)cc1.[V]. The van der Waals surface area contributed by atoms with E-state index in [9.17, 15) is 4.39 Å². The molecule has 3 rings (SSSR count). The maximum Gasteiger partial charge on any atom is 0.187 e. The molecule has 191 valence electrons. The summed E-state index contributed by atoms with van der Waals surface area (Å²) in [6.45, 7) is 22.1. The summed E-state index contributed by atoms with van der Waals surface area (Å²) in [7, 11) is 2.15. The fraction of sp³-hybridized carbons (Fsp3) is 0.400. The Hall–Kier alpha value is 0.614. The van der Waals surface area contributed by atoms with Crippen LogP contribution in [0.4, 0.5) is 21.5 Å². The van der Waals surface area contributed by atoms with Crippen molar-refractivity contribution < 1.29 is 22.9 Å². The van der Waals surface area contributed by atoms with Gasteiger partial charge in [0.15, 0.2) is 11.4 Å². The molecule has 1 saturated heterocycles. The topological polar surface area (TPSA) is 15.2 Å². The van der Waals surface area contributed by atoms with Crippen LogP contribution in [0.15, 0.2) is 48.5 Å². The van der Waals surface area contributed by atoms with E-state index < -0.39 is 0 Å². The number of likely N-dealkylation sites (N-methyl/N-ethyl adjacent to an activating group) is 1. The Balaban J connectivity index is 0. The molecule has 10 heteroatoms. The number of nitrogens with zero attached hydrogens (tertiary/aromatic N) is 4. The minimum Gasteiger partial charge on any atom is -0.369 e. The smallest absolute Gasteiger partial charge is 0.187 e. The second-order valence-electron chi connectivity index (χ2n) is 7.04. The van der Waals surface area contributed by atoms with Gasteiger partial charge in [-0.25, -0.2) is 14.1 Å². The molecule has 0 amide bonds. The molecule has 1 aliphatic heterocycles. The van der Waals surface area contributed by atoms with Gasteiger partial charge < -0.3 is 32.4 Å². The summed E-state index contributed by atoms with van der Waals surface area (Å²) >= 11 is 9.47. The molecule has 35 heavy (non-hydrogen) atoms. The quantitative estimate of drug-likeness (QED) is 0.173. The van der Waals surface area contributed by atoms with Gasteiger partial charge in [0.2, 0.25) is 0 Å². The zero-order chi connectivity index (χ0) is 26.0. The van der Waals surface area contributed by atoms with Gasteiger partial charge in [-0.1, -0.05) is 106 Å². The predicted molar refractivity (Wildman–Crippen MR) is 179 cm³/mol. The van der Waals surface area contributed by atoms with Gasteiger partial charge >= 0.3 is 0 Å². The summed E-state index contributed by atoms with van der Waals surface area (Å²) in [6, 6.07) is 13.3. The van der Waals surface area contributed by atoms with Crippen LogP contribution in [-0.4, -0.2) is 37.6 Å². The fourth-order valence-corrected chi connectivity index (χ4v) is 2.32. The largest absolute Gasteiger partial charge is 0.369 e. The maximum absolute atomic E-state index is 12.1. The first kappa shape index (κ1) is 37.8. The molecule has 1 fully saturated rings. The average Bonchev–Trinajstić information content (AvgIpc) is 2.85. The minimum absolute atomic E-state index is 0. The van der Waals surface area contributed by atoms with Gasteiger partial charge in [-0.2, -0.15) is 6.42 Å². The van der Waals surface area contributed by atoms with Crippen LogP contribution in [0.25, 0.3) is 9.69 Å². The van der Waals surface area contributed by atoms with Gasteiger partial charge in [0.05, 0.1) is 13.1 Å². The van der Waals surface area contributed by atoms with Crippen molar-refractivity contribution in [2.24, 2.45) is 0 Å². The molecule has 0 saturated carbocycles. The molecule has 0 spiro atoms. The molecule has 0 atom stereocenters. The summed E-state index contributed by atoms with van der Waals surface area (Å²) in [4.78, 5) is 11.2. The molecule has 2 aromatic carbocycles. The van der Waals surface area contributed by atoms with Crippen LogP contribution in [0.3, 0.4) is 0 Å². The standard InChI is InChI=1S/C12H15N3.C7H4FN.C3H5I3.C3H6I.V/c1-13-11-3-5-12(6-4-11)15-9-7-14(2)8-10-15;1-9-7-4-2-6(8)3-5-7;1-2-3(4,5)6;1-2-3-4;/h3-6H,7-10H2,2H3;2-5H;2H2,1H3;3H,2H2,1H3;/q;;;-1;. The van der Waals surface area contributed by atoms with Crippen molar-refractivity contribution in [2.45, 2.75) is 26.1 Å². The zero-order valence-corrected chi connectivity index (χ0v) is 30.1. The van der Waals surface area contributed by atoms with E-state index in [1.165, 1.54) is 42.8 Å². The number of anilines is 1. The zero-order valence-electron chi connectivity index (χ0n) is 20.1. The van der Waals surface area contributed by atoms with E-state index in [0.29, 0.717) is 10.8 Å². The summed E-state index contributed by atoms with van der Waals surface area (Å²) in [6.07, 6.45) is 2.41. The second kappa shape index (κ2) is 22.6. The third kappa shape index (κ3) is 20.3. The van der Waals surface area contributed by atoms with E-state index in [1.807, 2.05) is 24.3 Å². The van der Waals surface area contributed by atoms with Gasteiger partial charge in [-0.05, 0) is 37.7 Å². The first-order chi connectivity index (χ1) is 16.1. The van der Waals surface area contributed by atoms with Crippen molar-refractivity contribution in [1.82, 2.24) is 4.90 Å². The number of benzene rings is 2. The Labute approximate surface area is 277 Å². The van der Waals surface area contributed by atoms with Crippen LogP contribution in [0, 0.1) is 23.4 Å². The number of hydrogen-bond donors (Lipinski definition) is 0. The normalized spacial score (nSPS) is 12.6. The van der Waals surface area contributed by atoms with Crippen molar-refractivity contribution in [3.8, 4) is 0 Å². The van der Waals surface area contributed by atoms with Gasteiger partial charge in [0, 0.05) is 50.4 Å². The molecule has 1 aliphatic rings. The number of hydrogen-bond acceptors (Lipinski definition) is 2. The van der Waals surface area contributed by atoms with Crippen LogP contribution in [0.2, 0.25) is 0 Å². The molecule has 0 aliphatic carbocycles. The van der Waals surface area contributed by atoms with Gasteiger partial charge in [-0.3, -0.25) is 4.43 Å². The van der Waals surface area contributed by atoms with Gasteiger partial charge in [-0.15, -0.1) is 0 Å². The predicted octanol–water partition coefficient (Wildman–Crippen LogP) is 9.71. The van der Waals surface area contributed by atoms with Crippen LogP contribution in [-0.2, 0) is 18.6 Å². The van der Waals surface area contributed by atoms with Crippen molar-refractivity contribution in [1.29, 1.82) is 0 Å². The number of halogens is 5. The van der Waals surface area contributed by atoms with E-state index in [4.69, 9.17) is 13.1 Å². The van der Waals surface area contributed by atoms with Crippen LogP contribution >= 0.6 is 90.4 Å². The summed E-state index contributed by atoms with van der Waals surface area (Å²) in [5, 5.41) is 0. The summed E-state index contributed by atoms with van der Waals surface area (Å²) in [5.41, 5.74) is 2.42. The molecule has 0 aromatic heterocycles. The Morgan fingerprint density at radius 1 is 0.886 bits per heavy atom. The number of rotatable bonds is 3. The average molecular weight is 964 g/mol. The number of piperazine rings is 1. The van der Waals surface area contributed by atoms with E-state index in [1.54, 1.807) is 0 Å². The second-order valence-corrected chi connectivity index (χ2v) is 19.6. The molecule has 0 bridgehead atoms. The van der Waals surface area contributed by atoms with Crippen molar-refractivity contribution in [2.75, 3.05) is 38.1 Å². The molecule has 2 aromatic rings. The van der Waals surface area contributed by atoms with Crippen molar-refractivity contribution in [3.05, 3.63) is 81.6 Å². The van der Waals surface area contributed by atoms with E-state index in [-0.39, 0.29) is 24.4 Å². The van der Waals surface area contributed by atoms with Crippen LogP contribution in [0.1, 0.15) is 26.7 Å². The molecule has 4 nitrogen and oxygen atoms in total. The monoisotopic (exact) mass is 964 g/mol. The first-order valence-corrected chi connectivity index (χ1v) is 15.1.